The maximum Gasteiger partial charge on any atom is 0.328 e. The molecular formula is C21H25N3O3S. The number of carbonyl (C=O) groups is 2. The van der Waals surface area contributed by atoms with Crippen LogP contribution in [0.2, 0.25) is 0 Å². The summed E-state index contributed by atoms with van der Waals surface area (Å²) in [6.07, 6.45) is 0.762. The summed E-state index contributed by atoms with van der Waals surface area (Å²) in [7, 11) is 1.34. The molecule has 0 unspecified atom stereocenters. The zero-order chi connectivity index (χ0) is 20.3. The van der Waals surface area contributed by atoms with E-state index in [0.717, 1.165) is 27.9 Å². The Bertz CT molecular complexity index is 978. The zero-order valence-electron chi connectivity index (χ0n) is 16.6. The quantitative estimate of drug-likeness (QED) is 0.614. The maximum atomic E-state index is 12.8. The van der Waals surface area contributed by atoms with Crippen LogP contribution in [0.4, 0.5) is 0 Å². The van der Waals surface area contributed by atoms with E-state index in [2.05, 4.69) is 22.5 Å². The van der Waals surface area contributed by atoms with Crippen LogP contribution < -0.4 is 5.32 Å². The van der Waals surface area contributed by atoms with Crippen molar-refractivity contribution in [3.05, 3.63) is 52.5 Å². The first-order valence-electron chi connectivity index (χ1n) is 9.34. The van der Waals surface area contributed by atoms with Gasteiger partial charge in [-0.05, 0) is 24.5 Å². The smallest absolute Gasteiger partial charge is 0.328 e. The topological polar surface area (TPSA) is 73.2 Å². The first-order valence-corrected chi connectivity index (χ1v) is 10.2. The molecule has 0 aliphatic carbocycles. The molecule has 0 spiro atoms. The lowest BCUT2D eigenvalue weighted by Gasteiger charge is -2.21. The highest BCUT2D eigenvalue weighted by Crippen LogP contribution is 2.29. The monoisotopic (exact) mass is 399 g/mol. The van der Waals surface area contributed by atoms with E-state index >= 15 is 0 Å². The fourth-order valence-electron chi connectivity index (χ4n) is 3.10. The van der Waals surface area contributed by atoms with Crippen LogP contribution >= 0.6 is 11.3 Å². The van der Waals surface area contributed by atoms with Crippen molar-refractivity contribution in [2.75, 3.05) is 7.11 Å². The number of methoxy groups -OCH3 is 1. The predicted octanol–water partition coefficient (Wildman–Crippen LogP) is 3.77. The van der Waals surface area contributed by atoms with Gasteiger partial charge in [0.15, 0.2) is 0 Å². The van der Waals surface area contributed by atoms with Crippen molar-refractivity contribution >= 4 is 33.4 Å². The number of hydrogen-bond donors (Lipinski definition) is 1. The molecule has 28 heavy (non-hydrogen) atoms. The Balaban J connectivity index is 1.86. The molecule has 1 amide bonds. The van der Waals surface area contributed by atoms with Gasteiger partial charge < -0.3 is 10.1 Å². The Morgan fingerprint density at radius 2 is 2.00 bits per heavy atom. The lowest BCUT2D eigenvalue weighted by Crippen LogP contribution is -2.45. The Kier molecular flexibility index (Phi) is 6.14. The van der Waals surface area contributed by atoms with Crippen LogP contribution in [-0.4, -0.2) is 34.8 Å². The Labute approximate surface area is 168 Å². The fourth-order valence-corrected chi connectivity index (χ4v) is 4.16. The van der Waals surface area contributed by atoms with E-state index in [-0.39, 0.29) is 11.8 Å². The fraction of sp³-hybridized carbons (Fsp3) is 0.381. The largest absolute Gasteiger partial charge is 0.467 e. The summed E-state index contributed by atoms with van der Waals surface area (Å²) in [4.78, 5) is 26.4. The van der Waals surface area contributed by atoms with Gasteiger partial charge in [-0.25, -0.2) is 4.79 Å². The summed E-state index contributed by atoms with van der Waals surface area (Å²) < 4.78 is 6.78. The lowest BCUT2D eigenvalue weighted by molar-refractivity contribution is -0.144. The van der Waals surface area contributed by atoms with Crippen LogP contribution in [0, 0.1) is 12.8 Å². The summed E-state index contributed by atoms with van der Waals surface area (Å²) >= 11 is 1.39. The van der Waals surface area contributed by atoms with Gasteiger partial charge in [0.25, 0.3) is 5.91 Å². The minimum Gasteiger partial charge on any atom is -0.467 e. The lowest BCUT2D eigenvalue weighted by atomic mass is 9.99. The third-order valence-corrected chi connectivity index (χ3v) is 6.11. The highest BCUT2D eigenvalue weighted by atomic mass is 32.1. The van der Waals surface area contributed by atoms with Crippen LogP contribution in [-0.2, 0) is 16.1 Å². The van der Waals surface area contributed by atoms with E-state index in [1.807, 2.05) is 49.7 Å². The molecular weight excluding hydrogens is 374 g/mol. The van der Waals surface area contributed by atoms with Crippen LogP contribution in [0.25, 0.3) is 10.2 Å². The molecule has 2 atom stereocenters. The molecule has 0 fully saturated rings. The average Bonchev–Trinajstić information content (AvgIpc) is 3.27. The number of fused-ring (bicyclic) bond motifs is 1. The van der Waals surface area contributed by atoms with Crippen LogP contribution in [0.5, 0.6) is 0 Å². The first kappa shape index (κ1) is 20.1. The van der Waals surface area contributed by atoms with E-state index in [9.17, 15) is 9.59 Å². The summed E-state index contributed by atoms with van der Waals surface area (Å²) in [5.41, 5.74) is 2.03. The molecule has 1 aromatic carbocycles. The van der Waals surface area contributed by atoms with E-state index < -0.39 is 12.0 Å². The highest BCUT2D eigenvalue weighted by molar-refractivity contribution is 7.20. The first-order chi connectivity index (χ1) is 13.4. The Morgan fingerprint density at radius 1 is 1.29 bits per heavy atom. The van der Waals surface area contributed by atoms with E-state index in [1.165, 1.54) is 18.4 Å². The van der Waals surface area contributed by atoms with Crippen molar-refractivity contribution < 1.29 is 14.3 Å². The van der Waals surface area contributed by atoms with Crippen molar-refractivity contribution in [1.82, 2.24) is 15.1 Å². The third-order valence-electron chi connectivity index (χ3n) is 4.96. The molecule has 0 bridgehead atoms. The summed E-state index contributed by atoms with van der Waals surface area (Å²) in [5, 5.41) is 8.41. The minimum absolute atomic E-state index is 0.0129. The maximum absolute atomic E-state index is 12.8. The van der Waals surface area contributed by atoms with Gasteiger partial charge >= 0.3 is 5.97 Å². The van der Waals surface area contributed by atoms with Crippen LogP contribution in [0.3, 0.4) is 0 Å². The molecule has 7 heteroatoms. The Morgan fingerprint density at radius 3 is 2.64 bits per heavy atom. The number of esters is 1. The second-order valence-corrected chi connectivity index (χ2v) is 7.95. The van der Waals surface area contributed by atoms with Gasteiger partial charge in [-0.1, -0.05) is 50.6 Å². The van der Waals surface area contributed by atoms with Crippen molar-refractivity contribution in [3.8, 4) is 0 Å². The van der Waals surface area contributed by atoms with Gasteiger partial charge in [-0.15, -0.1) is 11.3 Å². The van der Waals surface area contributed by atoms with E-state index in [0.29, 0.717) is 11.4 Å². The van der Waals surface area contributed by atoms with Crippen molar-refractivity contribution in [2.24, 2.45) is 5.92 Å². The Hall–Kier alpha value is -2.67. The molecule has 2 heterocycles. The van der Waals surface area contributed by atoms with E-state index in [1.54, 1.807) is 0 Å². The second kappa shape index (κ2) is 8.56. The second-order valence-electron chi connectivity index (χ2n) is 6.92. The number of amides is 1. The number of aromatic nitrogens is 2. The van der Waals surface area contributed by atoms with Crippen LogP contribution in [0.1, 0.15) is 41.2 Å². The molecule has 3 rings (SSSR count). The zero-order valence-corrected chi connectivity index (χ0v) is 17.4. The van der Waals surface area contributed by atoms with Gasteiger partial charge in [-0.3, -0.25) is 9.48 Å². The van der Waals surface area contributed by atoms with Crippen molar-refractivity contribution in [2.45, 2.75) is 39.8 Å². The van der Waals surface area contributed by atoms with Crippen LogP contribution in [0.15, 0.2) is 36.4 Å². The number of nitrogens with one attached hydrogen (secondary N) is 1. The number of aryl methyl sites for hydroxylation is 1. The third kappa shape index (κ3) is 4.09. The molecule has 0 aliphatic rings. The number of carbonyl (C=O) groups excluding carboxylic acids is 2. The highest BCUT2D eigenvalue weighted by Gasteiger charge is 2.28. The summed E-state index contributed by atoms with van der Waals surface area (Å²) in [6, 6.07) is 11.3. The summed E-state index contributed by atoms with van der Waals surface area (Å²) in [5.74, 6) is -0.695. The van der Waals surface area contributed by atoms with Gasteiger partial charge in [0.2, 0.25) is 0 Å². The minimum atomic E-state index is -0.658. The number of rotatable bonds is 7. The molecule has 0 aliphatic heterocycles. The molecule has 0 saturated heterocycles. The number of benzene rings is 1. The van der Waals surface area contributed by atoms with E-state index in [4.69, 9.17) is 4.74 Å². The van der Waals surface area contributed by atoms with Gasteiger partial charge in [0, 0.05) is 5.39 Å². The van der Waals surface area contributed by atoms with Crippen molar-refractivity contribution in [3.63, 3.8) is 0 Å². The number of thiophene rings is 1. The normalized spacial score (nSPS) is 13.3. The molecule has 3 aromatic rings. The molecule has 0 radical (unpaired) electrons. The molecule has 0 saturated carbocycles. The van der Waals surface area contributed by atoms with Gasteiger partial charge in [0.05, 0.1) is 24.2 Å². The number of ether oxygens (including phenoxy) is 1. The molecule has 148 valence electrons. The van der Waals surface area contributed by atoms with Crippen molar-refractivity contribution in [1.29, 1.82) is 0 Å². The SMILES string of the molecule is CC[C@@H](C)[C@@H](NC(=O)c1cc2c(C)nn(Cc3ccccc3)c2s1)C(=O)OC. The molecule has 1 N–H and O–H groups in total. The number of hydrogen-bond acceptors (Lipinski definition) is 5. The molecule has 6 nitrogen and oxygen atoms in total. The van der Waals surface area contributed by atoms with Gasteiger partial charge in [0.1, 0.15) is 10.9 Å². The summed E-state index contributed by atoms with van der Waals surface area (Å²) in [6.45, 7) is 6.49. The van der Waals surface area contributed by atoms with Gasteiger partial charge in [-0.2, -0.15) is 5.10 Å². The molecule has 2 aromatic heterocycles. The average molecular weight is 400 g/mol. The number of nitrogens with zero attached hydrogens (tertiary/aromatic N) is 2. The predicted molar refractivity (Wildman–Crippen MR) is 111 cm³/mol. The standard InChI is InChI=1S/C21H25N3O3S/c1-5-13(2)18(21(26)27-4)22-19(25)17-11-16-14(3)23-24(20(16)28-17)12-15-9-7-6-8-10-15/h6-11,13,18H,5,12H2,1-4H3,(H,22,25)/t13-,18-/m1/s1.